The van der Waals surface area contributed by atoms with E-state index >= 15 is 0 Å². The third kappa shape index (κ3) is 3.13. The van der Waals surface area contributed by atoms with Gasteiger partial charge < -0.3 is 5.32 Å². The molecule has 0 radical (unpaired) electrons. The van der Waals surface area contributed by atoms with Crippen molar-refractivity contribution in [1.82, 2.24) is 0 Å². The van der Waals surface area contributed by atoms with Crippen LogP contribution in [0.15, 0.2) is 53.4 Å². The molecule has 1 aliphatic carbocycles. The van der Waals surface area contributed by atoms with Crippen molar-refractivity contribution in [3.63, 3.8) is 0 Å². The van der Waals surface area contributed by atoms with Gasteiger partial charge in [-0.15, -0.1) is 11.8 Å². The average Bonchev–Trinajstić information content (AvgIpc) is 2.54. The van der Waals surface area contributed by atoms with E-state index in [0.29, 0.717) is 0 Å². The zero-order valence-corrected chi connectivity index (χ0v) is 13.0. The maximum Gasteiger partial charge on any atom is 0.231 e. The summed E-state index contributed by atoms with van der Waals surface area (Å²) in [6.07, 6.45) is 5.14. The molecular formula is C18H19NOS. The molecule has 0 saturated heterocycles. The SMILES string of the molecule is CSc1cccc(NC(=O)C2CCCc3ccccc32)c1. The summed E-state index contributed by atoms with van der Waals surface area (Å²) in [5.74, 6) is 0.0910. The van der Waals surface area contributed by atoms with Gasteiger partial charge in [-0.3, -0.25) is 4.79 Å². The van der Waals surface area contributed by atoms with E-state index in [1.807, 2.05) is 30.5 Å². The predicted molar refractivity (Wildman–Crippen MR) is 89.0 cm³/mol. The van der Waals surface area contributed by atoms with Crippen LogP contribution < -0.4 is 5.32 Å². The van der Waals surface area contributed by atoms with E-state index < -0.39 is 0 Å². The smallest absolute Gasteiger partial charge is 0.231 e. The van der Waals surface area contributed by atoms with Crippen LogP contribution in [0.25, 0.3) is 0 Å². The molecular weight excluding hydrogens is 278 g/mol. The summed E-state index contributed by atoms with van der Waals surface area (Å²) in [7, 11) is 0. The monoisotopic (exact) mass is 297 g/mol. The second kappa shape index (κ2) is 6.35. The molecule has 1 amide bonds. The Balaban J connectivity index is 1.80. The largest absolute Gasteiger partial charge is 0.326 e. The summed E-state index contributed by atoms with van der Waals surface area (Å²) in [6, 6.07) is 16.3. The summed E-state index contributed by atoms with van der Waals surface area (Å²) < 4.78 is 0. The Kier molecular flexibility index (Phi) is 4.30. The minimum atomic E-state index is -0.0205. The molecule has 1 aliphatic rings. The molecule has 1 atom stereocenters. The van der Waals surface area contributed by atoms with Crippen molar-refractivity contribution in [2.24, 2.45) is 0 Å². The fourth-order valence-electron chi connectivity index (χ4n) is 2.96. The van der Waals surface area contributed by atoms with Crippen LogP contribution in [0.2, 0.25) is 0 Å². The molecule has 21 heavy (non-hydrogen) atoms. The summed E-state index contributed by atoms with van der Waals surface area (Å²) in [4.78, 5) is 13.8. The molecule has 0 aliphatic heterocycles. The number of hydrogen-bond donors (Lipinski definition) is 1. The van der Waals surface area contributed by atoms with Gasteiger partial charge in [-0.05, 0) is 54.8 Å². The fraction of sp³-hybridized carbons (Fsp3) is 0.278. The molecule has 2 aromatic carbocycles. The van der Waals surface area contributed by atoms with Gasteiger partial charge in [0.2, 0.25) is 5.91 Å². The van der Waals surface area contributed by atoms with Gasteiger partial charge in [-0.25, -0.2) is 0 Å². The van der Waals surface area contributed by atoms with Crippen molar-refractivity contribution < 1.29 is 4.79 Å². The molecule has 2 aromatic rings. The minimum Gasteiger partial charge on any atom is -0.326 e. The summed E-state index contributed by atoms with van der Waals surface area (Å²) in [5, 5.41) is 3.07. The topological polar surface area (TPSA) is 29.1 Å². The number of anilines is 1. The molecule has 2 nitrogen and oxygen atoms in total. The Morgan fingerprint density at radius 3 is 2.90 bits per heavy atom. The molecule has 1 unspecified atom stereocenters. The average molecular weight is 297 g/mol. The Morgan fingerprint density at radius 2 is 2.05 bits per heavy atom. The zero-order valence-electron chi connectivity index (χ0n) is 12.1. The van der Waals surface area contributed by atoms with E-state index in [1.165, 1.54) is 11.1 Å². The third-order valence-corrected chi connectivity index (χ3v) is 4.75. The highest BCUT2D eigenvalue weighted by molar-refractivity contribution is 7.98. The van der Waals surface area contributed by atoms with Crippen LogP contribution in [0.4, 0.5) is 5.69 Å². The Bertz CT molecular complexity index is 653. The second-order valence-electron chi connectivity index (χ2n) is 5.36. The quantitative estimate of drug-likeness (QED) is 0.847. The lowest BCUT2D eigenvalue weighted by molar-refractivity contribution is -0.117. The Morgan fingerprint density at radius 1 is 1.19 bits per heavy atom. The summed E-state index contributed by atoms with van der Waals surface area (Å²) in [5.41, 5.74) is 3.40. The van der Waals surface area contributed by atoms with Gasteiger partial charge in [0.05, 0.1) is 5.92 Å². The highest BCUT2D eigenvalue weighted by atomic mass is 32.2. The van der Waals surface area contributed by atoms with Crippen LogP contribution in [0.1, 0.15) is 29.9 Å². The molecule has 0 saturated carbocycles. The maximum absolute atomic E-state index is 12.6. The molecule has 3 heteroatoms. The highest BCUT2D eigenvalue weighted by Crippen LogP contribution is 2.32. The number of aryl methyl sites for hydroxylation is 1. The van der Waals surface area contributed by atoms with Crippen LogP contribution >= 0.6 is 11.8 Å². The predicted octanol–water partition coefficient (Wildman–Crippen LogP) is 4.47. The number of carbonyl (C=O) groups excluding carboxylic acids is 1. The van der Waals surface area contributed by atoms with Crippen LogP contribution in [0.3, 0.4) is 0 Å². The number of benzene rings is 2. The van der Waals surface area contributed by atoms with E-state index in [1.54, 1.807) is 11.8 Å². The zero-order chi connectivity index (χ0) is 14.7. The van der Waals surface area contributed by atoms with E-state index in [0.717, 1.165) is 29.8 Å². The first-order valence-corrected chi connectivity index (χ1v) is 8.53. The van der Waals surface area contributed by atoms with Crippen LogP contribution in [-0.4, -0.2) is 12.2 Å². The van der Waals surface area contributed by atoms with Crippen LogP contribution in [0.5, 0.6) is 0 Å². The number of nitrogens with one attached hydrogen (secondary N) is 1. The lowest BCUT2D eigenvalue weighted by Gasteiger charge is -2.24. The molecule has 0 spiro atoms. The fourth-order valence-corrected chi connectivity index (χ4v) is 3.42. The standard InChI is InChI=1S/C18H19NOS/c1-21-15-9-5-8-14(12-15)19-18(20)17-11-4-7-13-6-2-3-10-16(13)17/h2-3,5-6,8-10,12,17H,4,7,11H2,1H3,(H,19,20). The molecule has 0 heterocycles. The van der Waals surface area contributed by atoms with Gasteiger partial charge in [-0.1, -0.05) is 30.3 Å². The first-order valence-electron chi connectivity index (χ1n) is 7.30. The minimum absolute atomic E-state index is 0.0205. The first-order chi connectivity index (χ1) is 10.3. The first kappa shape index (κ1) is 14.2. The lowest BCUT2D eigenvalue weighted by Crippen LogP contribution is -2.24. The molecule has 0 aromatic heterocycles. The maximum atomic E-state index is 12.6. The number of fused-ring (bicyclic) bond motifs is 1. The van der Waals surface area contributed by atoms with Crippen molar-refractivity contribution >= 4 is 23.4 Å². The normalized spacial score (nSPS) is 17.1. The number of carbonyl (C=O) groups is 1. The molecule has 0 bridgehead atoms. The Hall–Kier alpha value is -1.74. The van der Waals surface area contributed by atoms with E-state index in [4.69, 9.17) is 0 Å². The van der Waals surface area contributed by atoms with Gasteiger partial charge in [0.15, 0.2) is 0 Å². The van der Waals surface area contributed by atoms with E-state index in [-0.39, 0.29) is 11.8 Å². The molecule has 1 N–H and O–H groups in total. The number of hydrogen-bond acceptors (Lipinski definition) is 2. The van der Waals surface area contributed by atoms with Crippen molar-refractivity contribution in [2.75, 3.05) is 11.6 Å². The van der Waals surface area contributed by atoms with E-state index in [9.17, 15) is 4.79 Å². The van der Waals surface area contributed by atoms with Crippen molar-refractivity contribution in [3.8, 4) is 0 Å². The van der Waals surface area contributed by atoms with Crippen molar-refractivity contribution in [3.05, 3.63) is 59.7 Å². The highest BCUT2D eigenvalue weighted by Gasteiger charge is 2.26. The Labute approximate surface area is 130 Å². The number of amides is 1. The third-order valence-electron chi connectivity index (χ3n) is 4.02. The molecule has 0 fully saturated rings. The van der Waals surface area contributed by atoms with Gasteiger partial charge in [-0.2, -0.15) is 0 Å². The van der Waals surface area contributed by atoms with Gasteiger partial charge in [0.25, 0.3) is 0 Å². The number of rotatable bonds is 3. The number of thioether (sulfide) groups is 1. The van der Waals surface area contributed by atoms with Crippen molar-refractivity contribution in [1.29, 1.82) is 0 Å². The molecule has 3 rings (SSSR count). The summed E-state index contributed by atoms with van der Waals surface area (Å²) >= 11 is 1.68. The van der Waals surface area contributed by atoms with Crippen LogP contribution in [0, 0.1) is 0 Å². The summed E-state index contributed by atoms with van der Waals surface area (Å²) in [6.45, 7) is 0. The van der Waals surface area contributed by atoms with E-state index in [2.05, 4.69) is 29.6 Å². The van der Waals surface area contributed by atoms with Gasteiger partial charge >= 0.3 is 0 Å². The molecule has 108 valence electrons. The second-order valence-corrected chi connectivity index (χ2v) is 6.24. The van der Waals surface area contributed by atoms with Crippen LogP contribution in [-0.2, 0) is 11.2 Å². The van der Waals surface area contributed by atoms with Gasteiger partial charge in [0.1, 0.15) is 0 Å². The lowest BCUT2D eigenvalue weighted by atomic mass is 9.82. The van der Waals surface area contributed by atoms with Crippen molar-refractivity contribution in [2.45, 2.75) is 30.1 Å². The van der Waals surface area contributed by atoms with Gasteiger partial charge in [0, 0.05) is 10.6 Å².